The van der Waals surface area contributed by atoms with Gasteiger partial charge in [0.15, 0.2) is 0 Å². The number of nitrogens with zero attached hydrogens (tertiary/aromatic N) is 2. The van der Waals surface area contributed by atoms with Crippen LogP contribution in [0.1, 0.15) is 5.56 Å². The van der Waals surface area contributed by atoms with Gasteiger partial charge in [-0.25, -0.2) is 4.98 Å². The van der Waals surface area contributed by atoms with Gasteiger partial charge in [-0.15, -0.1) is 0 Å². The summed E-state index contributed by atoms with van der Waals surface area (Å²) in [5.41, 5.74) is 4.51. The molecule has 0 amide bonds. The van der Waals surface area contributed by atoms with Gasteiger partial charge in [-0.3, -0.25) is 0 Å². The molecule has 0 saturated carbocycles. The minimum Gasteiger partial charge on any atom is -0.497 e. The SMILES string of the molecule is COc1ccc(Cn2c(-c3ccccc3)nc3ccccc32)cc1. The third kappa shape index (κ3) is 2.65. The van der Waals surface area contributed by atoms with E-state index in [4.69, 9.17) is 9.72 Å². The van der Waals surface area contributed by atoms with Gasteiger partial charge >= 0.3 is 0 Å². The van der Waals surface area contributed by atoms with Crippen molar-refractivity contribution in [2.75, 3.05) is 7.11 Å². The molecule has 0 aliphatic rings. The van der Waals surface area contributed by atoms with Crippen LogP contribution in [-0.2, 0) is 6.54 Å². The standard InChI is InChI=1S/C21H18N2O/c1-24-18-13-11-16(12-14-18)15-23-20-10-6-5-9-19(20)22-21(23)17-7-3-2-4-8-17/h2-14H,15H2,1H3. The van der Waals surface area contributed by atoms with Crippen LogP contribution >= 0.6 is 0 Å². The second kappa shape index (κ2) is 6.20. The van der Waals surface area contributed by atoms with Crippen LogP contribution in [0.4, 0.5) is 0 Å². The van der Waals surface area contributed by atoms with Gasteiger partial charge in [0.1, 0.15) is 11.6 Å². The van der Waals surface area contributed by atoms with Crippen molar-refractivity contribution in [2.24, 2.45) is 0 Å². The molecule has 0 saturated heterocycles. The fourth-order valence-electron chi connectivity index (χ4n) is 2.96. The highest BCUT2D eigenvalue weighted by molar-refractivity contribution is 5.80. The summed E-state index contributed by atoms with van der Waals surface area (Å²) in [5, 5.41) is 0. The van der Waals surface area contributed by atoms with Crippen LogP contribution in [0.25, 0.3) is 22.4 Å². The molecule has 0 aliphatic carbocycles. The fourth-order valence-corrected chi connectivity index (χ4v) is 2.96. The zero-order valence-corrected chi connectivity index (χ0v) is 13.5. The van der Waals surface area contributed by atoms with Crippen LogP contribution in [0.5, 0.6) is 5.75 Å². The molecule has 0 atom stereocenters. The number of benzene rings is 3. The van der Waals surface area contributed by atoms with Crippen molar-refractivity contribution in [3.63, 3.8) is 0 Å². The lowest BCUT2D eigenvalue weighted by Crippen LogP contribution is -2.02. The normalized spacial score (nSPS) is 10.9. The average Bonchev–Trinajstić information content (AvgIpc) is 3.02. The molecule has 3 nitrogen and oxygen atoms in total. The maximum Gasteiger partial charge on any atom is 0.141 e. The van der Waals surface area contributed by atoms with E-state index in [0.29, 0.717) is 0 Å². The Balaban J connectivity index is 1.83. The lowest BCUT2D eigenvalue weighted by molar-refractivity contribution is 0.414. The molecule has 118 valence electrons. The van der Waals surface area contributed by atoms with E-state index in [2.05, 4.69) is 47.0 Å². The quantitative estimate of drug-likeness (QED) is 0.543. The summed E-state index contributed by atoms with van der Waals surface area (Å²) in [4.78, 5) is 4.85. The molecule has 0 fully saturated rings. The first kappa shape index (κ1) is 14.5. The Morgan fingerprint density at radius 2 is 1.54 bits per heavy atom. The minimum absolute atomic E-state index is 0.773. The van der Waals surface area contributed by atoms with Crippen molar-refractivity contribution in [1.29, 1.82) is 0 Å². The van der Waals surface area contributed by atoms with Crippen molar-refractivity contribution in [2.45, 2.75) is 6.54 Å². The van der Waals surface area contributed by atoms with Crippen LogP contribution < -0.4 is 4.74 Å². The number of imidazole rings is 1. The van der Waals surface area contributed by atoms with E-state index < -0.39 is 0 Å². The van der Waals surface area contributed by atoms with E-state index in [0.717, 1.165) is 34.7 Å². The van der Waals surface area contributed by atoms with Crippen molar-refractivity contribution >= 4 is 11.0 Å². The Hall–Kier alpha value is -3.07. The molecule has 3 heteroatoms. The maximum absolute atomic E-state index is 5.25. The molecule has 0 aliphatic heterocycles. The third-order valence-electron chi connectivity index (χ3n) is 4.19. The number of para-hydroxylation sites is 2. The van der Waals surface area contributed by atoms with Gasteiger partial charge in [0.25, 0.3) is 0 Å². The molecule has 4 aromatic rings. The highest BCUT2D eigenvalue weighted by Crippen LogP contribution is 2.26. The molecule has 1 aromatic heterocycles. The summed E-state index contributed by atoms with van der Waals surface area (Å²) >= 11 is 0. The predicted octanol–water partition coefficient (Wildman–Crippen LogP) is 4.76. The molecular formula is C21H18N2O. The van der Waals surface area contributed by atoms with Crippen molar-refractivity contribution in [3.8, 4) is 17.1 Å². The number of aromatic nitrogens is 2. The lowest BCUT2D eigenvalue weighted by atomic mass is 10.2. The summed E-state index contributed by atoms with van der Waals surface area (Å²) in [7, 11) is 1.69. The highest BCUT2D eigenvalue weighted by atomic mass is 16.5. The molecule has 0 bridgehead atoms. The molecule has 4 rings (SSSR count). The van der Waals surface area contributed by atoms with E-state index in [9.17, 15) is 0 Å². The van der Waals surface area contributed by atoms with Crippen molar-refractivity contribution < 1.29 is 4.74 Å². The second-order valence-electron chi connectivity index (χ2n) is 5.72. The minimum atomic E-state index is 0.773. The van der Waals surface area contributed by atoms with Crippen LogP contribution in [0, 0.1) is 0 Å². The number of ether oxygens (including phenoxy) is 1. The molecule has 0 spiro atoms. The first-order chi connectivity index (χ1) is 11.8. The highest BCUT2D eigenvalue weighted by Gasteiger charge is 2.12. The molecular weight excluding hydrogens is 296 g/mol. The third-order valence-corrected chi connectivity index (χ3v) is 4.19. The van der Waals surface area contributed by atoms with Gasteiger partial charge < -0.3 is 9.30 Å². The smallest absolute Gasteiger partial charge is 0.141 e. The Labute approximate surface area is 141 Å². The molecule has 0 N–H and O–H groups in total. The molecule has 24 heavy (non-hydrogen) atoms. The summed E-state index contributed by atoms with van der Waals surface area (Å²) in [5.74, 6) is 1.87. The summed E-state index contributed by atoms with van der Waals surface area (Å²) in [6.45, 7) is 0.773. The first-order valence-electron chi connectivity index (χ1n) is 7.99. The summed E-state index contributed by atoms with van der Waals surface area (Å²) in [6.07, 6.45) is 0. The van der Waals surface area contributed by atoms with Gasteiger partial charge in [-0.2, -0.15) is 0 Å². The largest absolute Gasteiger partial charge is 0.497 e. The Bertz CT molecular complexity index is 956. The zero-order chi connectivity index (χ0) is 16.4. The number of fused-ring (bicyclic) bond motifs is 1. The Morgan fingerprint density at radius 1 is 0.833 bits per heavy atom. The lowest BCUT2D eigenvalue weighted by Gasteiger charge is -2.10. The number of methoxy groups -OCH3 is 1. The van der Waals surface area contributed by atoms with Gasteiger partial charge in [-0.1, -0.05) is 54.6 Å². The number of hydrogen-bond donors (Lipinski definition) is 0. The Morgan fingerprint density at radius 3 is 2.29 bits per heavy atom. The monoisotopic (exact) mass is 314 g/mol. The van der Waals surface area contributed by atoms with Crippen LogP contribution in [0.3, 0.4) is 0 Å². The van der Waals surface area contributed by atoms with E-state index in [-0.39, 0.29) is 0 Å². The predicted molar refractivity (Wildman–Crippen MR) is 97.3 cm³/mol. The second-order valence-corrected chi connectivity index (χ2v) is 5.72. The van der Waals surface area contributed by atoms with Crippen molar-refractivity contribution in [3.05, 3.63) is 84.4 Å². The van der Waals surface area contributed by atoms with E-state index in [1.54, 1.807) is 7.11 Å². The zero-order valence-electron chi connectivity index (χ0n) is 13.5. The van der Waals surface area contributed by atoms with Crippen molar-refractivity contribution in [1.82, 2.24) is 9.55 Å². The van der Waals surface area contributed by atoms with Crippen LogP contribution in [0.15, 0.2) is 78.9 Å². The molecule has 3 aromatic carbocycles. The number of rotatable bonds is 4. The van der Waals surface area contributed by atoms with Crippen LogP contribution in [0.2, 0.25) is 0 Å². The van der Waals surface area contributed by atoms with E-state index in [1.165, 1.54) is 5.56 Å². The van der Waals surface area contributed by atoms with Gasteiger partial charge in [0.2, 0.25) is 0 Å². The average molecular weight is 314 g/mol. The number of hydrogen-bond acceptors (Lipinski definition) is 2. The molecule has 0 unspecified atom stereocenters. The van der Waals surface area contributed by atoms with Gasteiger partial charge in [0.05, 0.1) is 18.1 Å². The maximum atomic E-state index is 5.25. The summed E-state index contributed by atoms with van der Waals surface area (Å²) < 4.78 is 7.52. The van der Waals surface area contributed by atoms with Crippen LogP contribution in [-0.4, -0.2) is 16.7 Å². The van der Waals surface area contributed by atoms with Gasteiger partial charge in [-0.05, 0) is 29.8 Å². The van der Waals surface area contributed by atoms with E-state index in [1.807, 2.05) is 36.4 Å². The first-order valence-corrected chi connectivity index (χ1v) is 7.99. The summed E-state index contributed by atoms with van der Waals surface area (Å²) in [6, 6.07) is 26.8. The van der Waals surface area contributed by atoms with E-state index >= 15 is 0 Å². The fraction of sp³-hybridized carbons (Fsp3) is 0.0952. The molecule has 0 radical (unpaired) electrons. The Kier molecular flexibility index (Phi) is 3.75. The topological polar surface area (TPSA) is 27.1 Å². The molecule has 1 heterocycles. The van der Waals surface area contributed by atoms with Gasteiger partial charge in [0, 0.05) is 12.1 Å².